The van der Waals surface area contributed by atoms with Crippen LogP contribution in [0.25, 0.3) is 11.1 Å². The van der Waals surface area contributed by atoms with Crippen molar-refractivity contribution in [2.45, 2.75) is 0 Å². The molecule has 0 heterocycles. The van der Waals surface area contributed by atoms with Crippen molar-refractivity contribution in [2.24, 2.45) is 0 Å². The Balaban J connectivity index is 0.000000469. The molecule has 0 spiro atoms. The summed E-state index contributed by atoms with van der Waals surface area (Å²) in [5.74, 6) is 0.0106. The van der Waals surface area contributed by atoms with E-state index >= 15 is 0 Å². The summed E-state index contributed by atoms with van der Waals surface area (Å²) in [7, 11) is 0. The van der Waals surface area contributed by atoms with Crippen molar-refractivity contribution in [3.05, 3.63) is 187 Å². The Labute approximate surface area is 218 Å². The standard InChI is InChI=1S/C29H22O2.C6H6/c1-2-27(30)31-26-21-13-12-20-25(26)29(24-18-10-5-11-19-24)28(22-14-6-3-7-15-22)23-16-8-4-9-17-23;1-2-4-6-5-3-1/h2-21H,1H2;1-6H. The van der Waals surface area contributed by atoms with Crippen LogP contribution >= 0.6 is 0 Å². The predicted molar refractivity (Wildman–Crippen MR) is 153 cm³/mol. The molecule has 0 radical (unpaired) electrons. The van der Waals surface area contributed by atoms with Gasteiger partial charge in [-0.3, -0.25) is 0 Å². The lowest BCUT2D eigenvalue weighted by Crippen LogP contribution is -2.06. The lowest BCUT2D eigenvalue weighted by molar-refractivity contribution is -0.128. The summed E-state index contributed by atoms with van der Waals surface area (Å²) in [6, 6.07) is 50.3. The van der Waals surface area contributed by atoms with Gasteiger partial charge in [-0.25, -0.2) is 4.79 Å². The van der Waals surface area contributed by atoms with E-state index in [9.17, 15) is 4.79 Å². The van der Waals surface area contributed by atoms with Gasteiger partial charge < -0.3 is 4.74 Å². The number of esters is 1. The van der Waals surface area contributed by atoms with Crippen LogP contribution in [0, 0.1) is 0 Å². The molecule has 0 amide bonds. The third kappa shape index (κ3) is 6.81. The average Bonchev–Trinajstić information content (AvgIpc) is 2.99. The monoisotopic (exact) mass is 480 g/mol. The maximum atomic E-state index is 12.0. The van der Waals surface area contributed by atoms with Crippen molar-refractivity contribution >= 4 is 17.1 Å². The molecule has 0 aliphatic carbocycles. The van der Waals surface area contributed by atoms with E-state index in [-0.39, 0.29) is 0 Å². The normalized spacial score (nSPS) is 9.84. The minimum absolute atomic E-state index is 0.485. The lowest BCUT2D eigenvalue weighted by atomic mass is 9.85. The first-order valence-corrected chi connectivity index (χ1v) is 12.1. The van der Waals surface area contributed by atoms with Gasteiger partial charge in [-0.15, -0.1) is 0 Å². The van der Waals surface area contributed by atoms with Crippen LogP contribution in [0.15, 0.2) is 164 Å². The van der Waals surface area contributed by atoms with Gasteiger partial charge in [0, 0.05) is 17.2 Å². The van der Waals surface area contributed by atoms with Crippen molar-refractivity contribution in [1.82, 2.24) is 0 Å². The summed E-state index contributed by atoms with van der Waals surface area (Å²) < 4.78 is 5.63. The molecule has 0 saturated carbocycles. The van der Waals surface area contributed by atoms with Crippen molar-refractivity contribution in [2.75, 3.05) is 0 Å². The number of hydrogen-bond donors (Lipinski definition) is 0. The van der Waals surface area contributed by atoms with Gasteiger partial charge in [0.1, 0.15) is 5.75 Å². The van der Waals surface area contributed by atoms with Gasteiger partial charge in [-0.1, -0.05) is 152 Å². The Hall–Kier alpha value is -4.95. The van der Waals surface area contributed by atoms with E-state index in [0.717, 1.165) is 33.4 Å². The highest BCUT2D eigenvalue weighted by Gasteiger charge is 2.19. The third-order valence-electron chi connectivity index (χ3n) is 5.64. The minimum Gasteiger partial charge on any atom is -0.423 e. The Morgan fingerprint density at radius 3 is 1.27 bits per heavy atom. The van der Waals surface area contributed by atoms with E-state index < -0.39 is 5.97 Å². The van der Waals surface area contributed by atoms with Crippen LogP contribution in [0.1, 0.15) is 22.3 Å². The highest BCUT2D eigenvalue weighted by molar-refractivity contribution is 6.05. The molecular weight excluding hydrogens is 452 g/mol. The van der Waals surface area contributed by atoms with Crippen molar-refractivity contribution in [3.63, 3.8) is 0 Å². The van der Waals surface area contributed by atoms with Gasteiger partial charge >= 0.3 is 5.97 Å². The van der Waals surface area contributed by atoms with Crippen LogP contribution in [-0.4, -0.2) is 5.97 Å². The molecule has 5 aromatic rings. The number of carbonyl (C=O) groups is 1. The predicted octanol–water partition coefficient (Wildman–Crippen LogP) is 8.47. The second-order valence-corrected chi connectivity index (χ2v) is 8.12. The van der Waals surface area contributed by atoms with Gasteiger partial charge in [-0.2, -0.15) is 0 Å². The molecule has 180 valence electrons. The largest absolute Gasteiger partial charge is 0.423 e. The van der Waals surface area contributed by atoms with Crippen LogP contribution < -0.4 is 4.74 Å². The van der Waals surface area contributed by atoms with Crippen LogP contribution in [0.2, 0.25) is 0 Å². The van der Waals surface area contributed by atoms with E-state index in [0.29, 0.717) is 5.75 Å². The van der Waals surface area contributed by atoms with E-state index in [1.54, 1.807) is 0 Å². The van der Waals surface area contributed by atoms with Crippen LogP contribution in [-0.2, 0) is 4.79 Å². The molecule has 5 aromatic carbocycles. The highest BCUT2D eigenvalue weighted by atomic mass is 16.5. The molecule has 2 heteroatoms. The molecule has 0 atom stereocenters. The number of benzene rings is 5. The molecule has 0 aliphatic heterocycles. The van der Waals surface area contributed by atoms with Gasteiger partial charge in [0.2, 0.25) is 0 Å². The Kier molecular flexibility index (Phi) is 8.99. The van der Waals surface area contributed by atoms with Crippen molar-refractivity contribution < 1.29 is 9.53 Å². The van der Waals surface area contributed by atoms with Crippen molar-refractivity contribution in [3.8, 4) is 5.75 Å². The molecule has 0 saturated heterocycles. The summed E-state index contributed by atoms with van der Waals surface area (Å²) in [6.45, 7) is 3.53. The van der Waals surface area contributed by atoms with Gasteiger partial charge in [-0.05, 0) is 28.3 Å². The number of rotatable bonds is 6. The molecule has 0 fully saturated rings. The smallest absolute Gasteiger partial charge is 0.335 e. The second-order valence-electron chi connectivity index (χ2n) is 8.12. The SMILES string of the molecule is C=CC(=O)Oc1ccccc1C(=C(c1ccccc1)c1ccccc1)c1ccccc1.c1ccccc1. The number of ether oxygens (including phenoxy) is 1. The zero-order valence-corrected chi connectivity index (χ0v) is 20.5. The Morgan fingerprint density at radius 2 is 0.838 bits per heavy atom. The fourth-order valence-corrected chi connectivity index (χ4v) is 4.00. The third-order valence-corrected chi connectivity index (χ3v) is 5.64. The number of hydrogen-bond acceptors (Lipinski definition) is 2. The van der Waals surface area contributed by atoms with Gasteiger partial charge in [0.25, 0.3) is 0 Å². The maximum absolute atomic E-state index is 12.0. The number of carbonyl (C=O) groups excluding carboxylic acids is 1. The van der Waals surface area contributed by atoms with E-state index in [1.807, 2.05) is 115 Å². The second kappa shape index (κ2) is 13.2. The molecule has 5 rings (SSSR count). The highest BCUT2D eigenvalue weighted by Crippen LogP contribution is 2.40. The fraction of sp³-hybridized carbons (Fsp3) is 0. The van der Waals surface area contributed by atoms with E-state index in [4.69, 9.17) is 4.74 Å². The lowest BCUT2D eigenvalue weighted by Gasteiger charge is -2.19. The summed E-state index contributed by atoms with van der Waals surface area (Å²) in [5.41, 5.74) is 6.09. The van der Waals surface area contributed by atoms with Gasteiger partial charge in [0.05, 0.1) is 0 Å². The first-order chi connectivity index (χ1) is 18.3. The van der Waals surface area contributed by atoms with E-state index in [1.165, 1.54) is 6.08 Å². The zero-order valence-electron chi connectivity index (χ0n) is 20.5. The molecule has 0 aliphatic rings. The maximum Gasteiger partial charge on any atom is 0.335 e. The summed E-state index contributed by atoms with van der Waals surface area (Å²) in [6.07, 6.45) is 1.18. The first kappa shape index (κ1) is 25.2. The molecule has 0 aromatic heterocycles. The summed E-state index contributed by atoms with van der Waals surface area (Å²) in [5, 5.41) is 0. The van der Waals surface area contributed by atoms with Crippen molar-refractivity contribution in [1.29, 1.82) is 0 Å². The quantitative estimate of drug-likeness (QED) is 0.105. The molecular formula is C35H28O2. The number of para-hydroxylation sites is 1. The Bertz CT molecular complexity index is 1370. The average molecular weight is 481 g/mol. The van der Waals surface area contributed by atoms with Crippen LogP contribution in [0.3, 0.4) is 0 Å². The summed E-state index contributed by atoms with van der Waals surface area (Å²) in [4.78, 5) is 12.0. The topological polar surface area (TPSA) is 26.3 Å². The van der Waals surface area contributed by atoms with Gasteiger partial charge in [0.15, 0.2) is 0 Å². The zero-order chi connectivity index (χ0) is 25.7. The molecule has 37 heavy (non-hydrogen) atoms. The van der Waals surface area contributed by atoms with E-state index in [2.05, 4.69) is 43.0 Å². The summed E-state index contributed by atoms with van der Waals surface area (Å²) >= 11 is 0. The molecule has 0 unspecified atom stereocenters. The molecule has 0 N–H and O–H groups in total. The molecule has 0 bridgehead atoms. The Morgan fingerprint density at radius 1 is 0.486 bits per heavy atom. The van der Waals surface area contributed by atoms with Crippen LogP contribution in [0.4, 0.5) is 0 Å². The molecule has 2 nitrogen and oxygen atoms in total. The fourth-order valence-electron chi connectivity index (χ4n) is 4.00. The minimum atomic E-state index is -0.485. The first-order valence-electron chi connectivity index (χ1n) is 12.1. The van der Waals surface area contributed by atoms with Crippen LogP contribution in [0.5, 0.6) is 5.75 Å².